The standard InChI is InChI=1S/C25H19Br3N2O2/c1-2-16-5-9-21(10-6-16)30-25(31)19(14-29)11-18-12-22(27)24(23(28)13-18)32-15-17-3-7-20(26)8-4-17/h3-13H,2,15H2,1H3,(H,30,31)/b19-11+. The first-order valence-electron chi connectivity index (χ1n) is 9.78. The molecule has 0 saturated carbocycles. The zero-order valence-corrected chi connectivity index (χ0v) is 21.9. The van der Waals surface area contributed by atoms with Crippen molar-refractivity contribution in [3.8, 4) is 11.8 Å². The molecule has 4 nitrogen and oxygen atoms in total. The van der Waals surface area contributed by atoms with Crippen molar-refractivity contribution in [1.29, 1.82) is 5.26 Å². The second-order valence-electron chi connectivity index (χ2n) is 6.90. The number of hydrogen-bond acceptors (Lipinski definition) is 3. The quantitative estimate of drug-likeness (QED) is 0.218. The molecule has 3 aromatic carbocycles. The van der Waals surface area contributed by atoms with Crippen LogP contribution in [0.5, 0.6) is 5.75 Å². The Bertz CT molecular complexity index is 1160. The predicted octanol–water partition coefficient (Wildman–Crippen LogP) is 7.66. The normalized spacial score (nSPS) is 11.0. The number of rotatable bonds is 7. The number of aryl methyl sites for hydroxylation is 1. The minimum atomic E-state index is -0.459. The molecule has 0 bridgehead atoms. The van der Waals surface area contributed by atoms with E-state index in [4.69, 9.17) is 4.74 Å². The summed E-state index contributed by atoms with van der Waals surface area (Å²) in [6.45, 7) is 2.47. The van der Waals surface area contributed by atoms with Crippen molar-refractivity contribution >= 4 is 65.5 Å². The molecule has 0 spiro atoms. The molecule has 1 amide bonds. The Morgan fingerprint density at radius 3 is 2.16 bits per heavy atom. The van der Waals surface area contributed by atoms with Crippen molar-refractivity contribution in [2.45, 2.75) is 20.0 Å². The first-order valence-corrected chi connectivity index (χ1v) is 12.2. The SMILES string of the molecule is CCc1ccc(NC(=O)/C(C#N)=C/c2cc(Br)c(OCc3ccc(Br)cc3)c(Br)c2)cc1. The number of nitriles is 1. The van der Waals surface area contributed by atoms with Gasteiger partial charge >= 0.3 is 0 Å². The molecule has 0 radical (unpaired) electrons. The molecule has 0 fully saturated rings. The summed E-state index contributed by atoms with van der Waals surface area (Å²) in [5, 5.41) is 12.3. The molecule has 0 saturated heterocycles. The van der Waals surface area contributed by atoms with Gasteiger partial charge in [0.05, 0.1) is 8.95 Å². The number of carbonyl (C=O) groups is 1. The number of hydrogen-bond donors (Lipinski definition) is 1. The van der Waals surface area contributed by atoms with Crippen molar-refractivity contribution in [3.63, 3.8) is 0 Å². The van der Waals surface area contributed by atoms with Crippen molar-refractivity contribution in [2.75, 3.05) is 5.32 Å². The molecular formula is C25H19Br3N2O2. The number of amides is 1. The fraction of sp³-hybridized carbons (Fsp3) is 0.120. The molecule has 0 heterocycles. The summed E-state index contributed by atoms with van der Waals surface area (Å²) < 4.78 is 8.38. The van der Waals surface area contributed by atoms with Crippen LogP contribution in [0.1, 0.15) is 23.6 Å². The van der Waals surface area contributed by atoms with Crippen LogP contribution in [-0.4, -0.2) is 5.91 Å². The van der Waals surface area contributed by atoms with Gasteiger partial charge < -0.3 is 10.1 Å². The fourth-order valence-electron chi connectivity index (χ4n) is 2.87. The molecule has 0 aliphatic rings. The molecular weight excluding hydrogens is 600 g/mol. The van der Waals surface area contributed by atoms with Gasteiger partial charge in [0.25, 0.3) is 5.91 Å². The minimum absolute atomic E-state index is 0.00639. The van der Waals surface area contributed by atoms with E-state index >= 15 is 0 Å². The summed E-state index contributed by atoms with van der Waals surface area (Å²) in [7, 11) is 0. The van der Waals surface area contributed by atoms with Gasteiger partial charge in [0, 0.05) is 10.2 Å². The van der Waals surface area contributed by atoms with Crippen molar-refractivity contribution in [1.82, 2.24) is 0 Å². The van der Waals surface area contributed by atoms with E-state index in [0.29, 0.717) is 32.6 Å². The Balaban J connectivity index is 1.74. The fourth-order valence-corrected chi connectivity index (χ4v) is 4.59. The second-order valence-corrected chi connectivity index (χ2v) is 9.53. The molecule has 1 N–H and O–H groups in total. The summed E-state index contributed by atoms with van der Waals surface area (Å²) in [5.41, 5.74) is 3.55. The van der Waals surface area contributed by atoms with Gasteiger partial charge in [-0.2, -0.15) is 5.26 Å². The first kappa shape index (κ1) is 24.2. The molecule has 0 unspecified atom stereocenters. The monoisotopic (exact) mass is 616 g/mol. The van der Waals surface area contributed by atoms with Crippen molar-refractivity contribution in [2.24, 2.45) is 0 Å². The summed E-state index contributed by atoms with van der Waals surface area (Å²) in [6, 6.07) is 21.0. The maximum Gasteiger partial charge on any atom is 0.266 e. The minimum Gasteiger partial charge on any atom is -0.487 e. The highest BCUT2D eigenvalue weighted by molar-refractivity contribution is 9.11. The van der Waals surface area contributed by atoms with Crippen LogP contribution in [-0.2, 0) is 17.8 Å². The third-order valence-corrected chi connectivity index (χ3v) is 6.32. The maximum absolute atomic E-state index is 12.6. The van der Waals surface area contributed by atoms with Gasteiger partial charge in [-0.25, -0.2) is 0 Å². The number of halogens is 3. The highest BCUT2D eigenvalue weighted by Crippen LogP contribution is 2.36. The van der Waals surface area contributed by atoms with Crippen LogP contribution in [0.15, 0.2) is 79.7 Å². The van der Waals surface area contributed by atoms with E-state index in [1.165, 1.54) is 5.56 Å². The molecule has 0 atom stereocenters. The molecule has 0 aliphatic carbocycles. The number of ether oxygens (including phenoxy) is 1. The van der Waals surface area contributed by atoms with Crippen molar-refractivity contribution < 1.29 is 9.53 Å². The van der Waals surface area contributed by atoms with Crippen LogP contribution in [0.3, 0.4) is 0 Å². The third kappa shape index (κ3) is 6.55. The van der Waals surface area contributed by atoms with Gasteiger partial charge in [0.15, 0.2) is 0 Å². The van der Waals surface area contributed by atoms with Crippen LogP contribution >= 0.6 is 47.8 Å². The number of nitrogens with zero attached hydrogens (tertiary/aromatic N) is 1. The molecule has 3 rings (SSSR count). The smallest absolute Gasteiger partial charge is 0.266 e. The highest BCUT2D eigenvalue weighted by Gasteiger charge is 2.13. The van der Waals surface area contributed by atoms with Crippen LogP contribution < -0.4 is 10.1 Å². The van der Waals surface area contributed by atoms with Gasteiger partial charge in [-0.05, 0) is 97.4 Å². The largest absolute Gasteiger partial charge is 0.487 e. The average molecular weight is 619 g/mol. The Kier molecular flexibility index (Phi) is 8.68. The summed E-state index contributed by atoms with van der Waals surface area (Å²) in [4.78, 5) is 12.6. The van der Waals surface area contributed by atoms with E-state index in [2.05, 4.69) is 60.0 Å². The first-order chi connectivity index (χ1) is 15.4. The number of carbonyl (C=O) groups excluding carboxylic acids is 1. The van der Waals surface area contributed by atoms with E-state index in [0.717, 1.165) is 16.5 Å². The summed E-state index contributed by atoms with van der Waals surface area (Å²) >= 11 is 10.5. The lowest BCUT2D eigenvalue weighted by Crippen LogP contribution is -2.13. The predicted molar refractivity (Wildman–Crippen MR) is 138 cm³/mol. The van der Waals surface area contributed by atoms with Crippen LogP contribution in [0.25, 0.3) is 6.08 Å². The zero-order valence-electron chi connectivity index (χ0n) is 17.2. The third-order valence-electron chi connectivity index (χ3n) is 4.61. The number of nitrogens with one attached hydrogen (secondary N) is 1. The van der Waals surface area contributed by atoms with Crippen LogP contribution in [0.4, 0.5) is 5.69 Å². The molecule has 7 heteroatoms. The van der Waals surface area contributed by atoms with E-state index < -0.39 is 5.91 Å². The summed E-state index contributed by atoms with van der Waals surface area (Å²) in [5.74, 6) is 0.184. The van der Waals surface area contributed by atoms with E-state index in [9.17, 15) is 10.1 Å². The topological polar surface area (TPSA) is 62.1 Å². The van der Waals surface area contributed by atoms with Gasteiger partial charge in [-0.1, -0.05) is 47.1 Å². The summed E-state index contributed by atoms with van der Waals surface area (Å²) in [6.07, 6.45) is 2.47. The molecule has 0 aromatic heterocycles. The van der Waals surface area contributed by atoms with Gasteiger partial charge in [-0.15, -0.1) is 0 Å². The average Bonchev–Trinajstić information content (AvgIpc) is 2.78. The maximum atomic E-state index is 12.6. The van der Waals surface area contributed by atoms with Gasteiger partial charge in [0.1, 0.15) is 24.0 Å². The van der Waals surface area contributed by atoms with E-state index in [1.807, 2.05) is 66.7 Å². The Labute approximate surface area is 212 Å². The molecule has 3 aromatic rings. The Morgan fingerprint density at radius 1 is 1.00 bits per heavy atom. The number of anilines is 1. The van der Waals surface area contributed by atoms with Crippen molar-refractivity contribution in [3.05, 3.63) is 96.3 Å². The van der Waals surface area contributed by atoms with Gasteiger partial charge in [-0.3, -0.25) is 4.79 Å². The lowest BCUT2D eigenvalue weighted by atomic mass is 10.1. The van der Waals surface area contributed by atoms with Crippen LogP contribution in [0, 0.1) is 11.3 Å². The Hall–Kier alpha value is -2.40. The van der Waals surface area contributed by atoms with E-state index in [-0.39, 0.29) is 5.57 Å². The second kappa shape index (κ2) is 11.5. The van der Waals surface area contributed by atoms with E-state index in [1.54, 1.807) is 6.08 Å². The van der Waals surface area contributed by atoms with Gasteiger partial charge in [0.2, 0.25) is 0 Å². The molecule has 0 aliphatic heterocycles. The zero-order chi connectivity index (χ0) is 23.1. The molecule has 32 heavy (non-hydrogen) atoms. The number of benzene rings is 3. The lowest BCUT2D eigenvalue weighted by Gasteiger charge is -2.12. The van der Waals surface area contributed by atoms with Crippen LogP contribution in [0.2, 0.25) is 0 Å². The Morgan fingerprint density at radius 2 is 1.59 bits per heavy atom. The highest BCUT2D eigenvalue weighted by atomic mass is 79.9. The lowest BCUT2D eigenvalue weighted by molar-refractivity contribution is -0.112. The molecule has 162 valence electrons.